The van der Waals surface area contributed by atoms with Crippen LogP contribution >= 0.6 is 11.3 Å². The first kappa shape index (κ1) is 13.0. The molecule has 16 heavy (non-hydrogen) atoms. The lowest BCUT2D eigenvalue weighted by molar-refractivity contribution is 0.0595. The summed E-state index contributed by atoms with van der Waals surface area (Å²) in [6, 6.07) is 0. The lowest BCUT2D eigenvalue weighted by Gasteiger charge is -2.34. The number of thiazole rings is 1. The molecule has 0 aromatic carbocycles. The van der Waals surface area contributed by atoms with E-state index < -0.39 is 0 Å². The molecule has 1 aromatic rings. The van der Waals surface area contributed by atoms with Gasteiger partial charge in [0.15, 0.2) is 10.8 Å². The van der Waals surface area contributed by atoms with Crippen molar-refractivity contribution in [2.24, 2.45) is 0 Å². The van der Waals surface area contributed by atoms with E-state index in [1.54, 1.807) is 5.38 Å². The highest BCUT2D eigenvalue weighted by Crippen LogP contribution is 2.27. The number of anilines is 1. The summed E-state index contributed by atoms with van der Waals surface area (Å²) in [6.45, 7) is 6.42. The summed E-state index contributed by atoms with van der Waals surface area (Å²) in [6.07, 6.45) is 1.01. The Bertz CT molecular complexity index is 374. The van der Waals surface area contributed by atoms with Gasteiger partial charge in [-0.3, -0.25) is 0 Å². The van der Waals surface area contributed by atoms with Crippen molar-refractivity contribution in [3.05, 3.63) is 11.1 Å². The first-order chi connectivity index (χ1) is 7.42. The Morgan fingerprint density at radius 2 is 2.25 bits per heavy atom. The van der Waals surface area contributed by atoms with Gasteiger partial charge in [-0.25, -0.2) is 9.78 Å². The molecular weight excluding hydrogens is 224 g/mol. The second-order valence-electron chi connectivity index (χ2n) is 4.23. The molecule has 0 atom stereocenters. The van der Waals surface area contributed by atoms with Gasteiger partial charge < -0.3 is 9.64 Å². The normalized spacial score (nSPS) is 11.3. The van der Waals surface area contributed by atoms with Gasteiger partial charge in [0.2, 0.25) is 0 Å². The van der Waals surface area contributed by atoms with Gasteiger partial charge >= 0.3 is 5.97 Å². The Kier molecular flexibility index (Phi) is 3.91. The predicted molar refractivity (Wildman–Crippen MR) is 66.2 cm³/mol. The molecule has 0 bridgehead atoms. The minimum Gasteiger partial charge on any atom is -0.464 e. The molecule has 5 heteroatoms. The van der Waals surface area contributed by atoms with Crippen LogP contribution in [0, 0.1) is 0 Å². The third kappa shape index (κ3) is 2.52. The Morgan fingerprint density at radius 3 is 2.75 bits per heavy atom. The fourth-order valence-corrected chi connectivity index (χ4v) is 2.03. The summed E-state index contributed by atoms with van der Waals surface area (Å²) in [5, 5.41) is 2.57. The maximum Gasteiger partial charge on any atom is 0.357 e. The van der Waals surface area contributed by atoms with Gasteiger partial charge in [0.25, 0.3) is 0 Å². The molecule has 0 spiro atoms. The van der Waals surface area contributed by atoms with Gasteiger partial charge in [-0.1, -0.05) is 6.92 Å². The molecule has 0 aliphatic heterocycles. The van der Waals surface area contributed by atoms with E-state index in [-0.39, 0.29) is 11.5 Å². The van der Waals surface area contributed by atoms with Crippen LogP contribution in [0.5, 0.6) is 0 Å². The van der Waals surface area contributed by atoms with Crippen molar-refractivity contribution >= 4 is 22.4 Å². The van der Waals surface area contributed by atoms with Crippen LogP contribution in [0.4, 0.5) is 5.13 Å². The van der Waals surface area contributed by atoms with E-state index in [4.69, 9.17) is 0 Å². The molecule has 0 N–H and O–H groups in total. The summed E-state index contributed by atoms with van der Waals surface area (Å²) < 4.78 is 4.63. The first-order valence-electron chi connectivity index (χ1n) is 5.20. The molecule has 0 fully saturated rings. The number of hydrogen-bond acceptors (Lipinski definition) is 5. The van der Waals surface area contributed by atoms with Crippen molar-refractivity contribution in [2.75, 3.05) is 19.1 Å². The number of nitrogens with zero attached hydrogens (tertiary/aromatic N) is 2. The average molecular weight is 242 g/mol. The molecule has 0 aliphatic rings. The van der Waals surface area contributed by atoms with Gasteiger partial charge in [0.05, 0.1) is 7.11 Å². The maximum atomic E-state index is 11.3. The molecule has 4 nitrogen and oxygen atoms in total. The number of esters is 1. The minimum atomic E-state index is -0.384. The van der Waals surface area contributed by atoms with Crippen LogP contribution in [-0.4, -0.2) is 30.6 Å². The van der Waals surface area contributed by atoms with Crippen LogP contribution in [0.25, 0.3) is 0 Å². The van der Waals surface area contributed by atoms with Gasteiger partial charge in [0, 0.05) is 18.0 Å². The molecule has 90 valence electrons. The standard InChI is InChI=1S/C11H18N2O2S/c1-6-11(2,3)13(4)10-12-8(7-16-10)9(14)15-5/h7H,6H2,1-5H3. The van der Waals surface area contributed by atoms with Crippen LogP contribution in [0.3, 0.4) is 0 Å². The SMILES string of the molecule is CCC(C)(C)N(C)c1nc(C(=O)OC)cs1. The topological polar surface area (TPSA) is 42.4 Å². The van der Waals surface area contributed by atoms with E-state index >= 15 is 0 Å². The van der Waals surface area contributed by atoms with Gasteiger partial charge in [-0.15, -0.1) is 11.3 Å². The predicted octanol–water partition coefficient (Wildman–Crippen LogP) is 2.55. The fourth-order valence-electron chi connectivity index (χ4n) is 1.11. The zero-order chi connectivity index (χ0) is 12.3. The summed E-state index contributed by atoms with van der Waals surface area (Å²) >= 11 is 1.46. The molecule has 1 rings (SSSR count). The van der Waals surface area contributed by atoms with Crippen LogP contribution in [0.15, 0.2) is 5.38 Å². The highest BCUT2D eigenvalue weighted by molar-refractivity contribution is 7.13. The highest BCUT2D eigenvalue weighted by atomic mass is 32.1. The van der Waals surface area contributed by atoms with E-state index in [0.29, 0.717) is 5.69 Å². The Labute approximate surface area is 100 Å². The van der Waals surface area contributed by atoms with Crippen molar-refractivity contribution in [3.8, 4) is 0 Å². The van der Waals surface area contributed by atoms with Crippen LogP contribution in [0.2, 0.25) is 0 Å². The van der Waals surface area contributed by atoms with Crippen LogP contribution < -0.4 is 4.90 Å². The molecule has 0 amide bonds. The largest absolute Gasteiger partial charge is 0.464 e. The summed E-state index contributed by atoms with van der Waals surface area (Å²) in [5.41, 5.74) is 0.409. The lowest BCUT2D eigenvalue weighted by Crippen LogP contribution is -2.40. The second-order valence-corrected chi connectivity index (χ2v) is 5.07. The molecule has 1 aromatic heterocycles. The third-order valence-corrected chi connectivity index (χ3v) is 3.86. The maximum absolute atomic E-state index is 11.3. The molecule has 0 saturated carbocycles. The minimum absolute atomic E-state index is 0.0330. The third-order valence-electron chi connectivity index (χ3n) is 2.95. The number of carbonyl (C=O) groups excluding carboxylic acids is 1. The van der Waals surface area contributed by atoms with Crippen molar-refractivity contribution < 1.29 is 9.53 Å². The Hall–Kier alpha value is -1.10. The molecule has 0 radical (unpaired) electrons. The van der Waals surface area contributed by atoms with Gasteiger partial charge in [-0.2, -0.15) is 0 Å². The van der Waals surface area contributed by atoms with Crippen LogP contribution in [0.1, 0.15) is 37.7 Å². The van der Waals surface area contributed by atoms with E-state index in [1.807, 2.05) is 7.05 Å². The van der Waals surface area contributed by atoms with Gasteiger partial charge in [0.1, 0.15) is 0 Å². The highest BCUT2D eigenvalue weighted by Gasteiger charge is 2.24. The Balaban J connectivity index is 2.90. The number of hydrogen-bond donors (Lipinski definition) is 0. The van der Waals surface area contributed by atoms with Gasteiger partial charge in [-0.05, 0) is 20.3 Å². The Morgan fingerprint density at radius 1 is 1.62 bits per heavy atom. The monoisotopic (exact) mass is 242 g/mol. The summed E-state index contributed by atoms with van der Waals surface area (Å²) in [5.74, 6) is -0.384. The summed E-state index contributed by atoms with van der Waals surface area (Å²) in [4.78, 5) is 17.6. The average Bonchev–Trinajstić information content (AvgIpc) is 2.76. The van der Waals surface area contributed by atoms with Crippen molar-refractivity contribution in [1.29, 1.82) is 0 Å². The quantitative estimate of drug-likeness (QED) is 0.761. The number of carbonyl (C=O) groups is 1. The van der Waals surface area contributed by atoms with E-state index in [2.05, 4.69) is 35.4 Å². The molecule has 0 aliphatic carbocycles. The molecule has 1 heterocycles. The van der Waals surface area contributed by atoms with E-state index in [9.17, 15) is 4.79 Å². The second kappa shape index (κ2) is 4.82. The van der Waals surface area contributed by atoms with Crippen molar-refractivity contribution in [2.45, 2.75) is 32.7 Å². The van der Waals surface area contributed by atoms with Crippen molar-refractivity contribution in [1.82, 2.24) is 4.98 Å². The van der Waals surface area contributed by atoms with Crippen molar-refractivity contribution in [3.63, 3.8) is 0 Å². The lowest BCUT2D eigenvalue weighted by atomic mass is 10.0. The molecule has 0 saturated heterocycles. The number of rotatable bonds is 4. The smallest absolute Gasteiger partial charge is 0.357 e. The summed E-state index contributed by atoms with van der Waals surface area (Å²) in [7, 11) is 3.35. The zero-order valence-corrected chi connectivity index (χ0v) is 11.2. The van der Waals surface area contributed by atoms with Crippen LogP contribution in [-0.2, 0) is 4.74 Å². The first-order valence-corrected chi connectivity index (χ1v) is 6.08. The van der Waals surface area contributed by atoms with E-state index in [0.717, 1.165) is 11.6 Å². The van der Waals surface area contributed by atoms with E-state index in [1.165, 1.54) is 18.4 Å². The molecular formula is C11H18N2O2S. The molecule has 0 unspecified atom stereocenters. The zero-order valence-electron chi connectivity index (χ0n) is 10.4. The fraction of sp³-hybridized carbons (Fsp3) is 0.636. The number of aromatic nitrogens is 1. The number of ether oxygens (including phenoxy) is 1. The number of methoxy groups -OCH3 is 1.